The number of nitrogens with two attached hydrogens (primary N) is 1. The summed E-state index contributed by atoms with van der Waals surface area (Å²) in [5, 5.41) is 48.2. The van der Waals surface area contributed by atoms with Gasteiger partial charge in [0.1, 0.15) is 17.7 Å². The van der Waals surface area contributed by atoms with Gasteiger partial charge in [-0.2, -0.15) is 5.26 Å². The van der Waals surface area contributed by atoms with Gasteiger partial charge in [-0.3, -0.25) is 14.5 Å². The maximum Gasteiger partial charge on any atom is 0.243 e. The van der Waals surface area contributed by atoms with Crippen LogP contribution in [0.4, 0.5) is 17.3 Å². The van der Waals surface area contributed by atoms with Crippen molar-refractivity contribution in [1.82, 2.24) is 45.3 Å². The van der Waals surface area contributed by atoms with Crippen LogP contribution in [0.5, 0.6) is 5.75 Å². The molecule has 7 aliphatic rings. The molecule has 5 aromatic rings. The zero-order valence-corrected chi connectivity index (χ0v) is 49.5. The van der Waals surface area contributed by atoms with E-state index in [0.717, 1.165) is 163 Å². The van der Waals surface area contributed by atoms with E-state index < -0.39 is 18.1 Å². The first-order chi connectivity index (χ1) is 40.2. The number of ether oxygens (including phenoxy) is 1. The van der Waals surface area contributed by atoms with Gasteiger partial charge in [0.15, 0.2) is 17.4 Å². The number of fused-ring (bicyclic) bond motifs is 2. The quantitative estimate of drug-likeness (QED) is 0.0702. The number of piperazine rings is 1. The molecule has 6 aliphatic heterocycles. The number of aliphatic hydroxyl groups excluding tert-OH is 1. The molecule has 3 aromatic heterocycles. The van der Waals surface area contributed by atoms with Crippen LogP contribution in [-0.4, -0.2) is 176 Å². The number of β-amino-alcohol motifs (C(OH)–C–C–N with tert-alkyl or cyclic N) is 1. The normalized spacial score (nSPS) is 26.3. The number of hydrogen-bond acceptors (Lipinski definition) is 18. The smallest absolute Gasteiger partial charge is 0.243 e. The van der Waals surface area contributed by atoms with Crippen LogP contribution < -0.4 is 20.9 Å². The Hall–Kier alpha value is -6.21. The summed E-state index contributed by atoms with van der Waals surface area (Å²) in [4.78, 5) is 47.8. The van der Waals surface area contributed by atoms with Crippen molar-refractivity contribution in [2.75, 3.05) is 87.5 Å². The van der Waals surface area contributed by atoms with Crippen LogP contribution in [0, 0.1) is 35.5 Å². The van der Waals surface area contributed by atoms with E-state index in [1.54, 1.807) is 28.4 Å². The number of aromatic nitrogens is 4. The SMILES string of the molecule is Cc1ncsc1-c1ccc([C@H](C)NC(=O)[C@@H]2C[C@@H](O)CN2C(=O)[C@@H](c2cc(N3CCC(CN4CCC(O[C@H]5C[C@H](N6CCC(C#N)(CN7C8CCC7CN(c7cc(-c9ccccc9O)nnc7N)C8)CC6)C5)CC4)CC3)no2)C(C)C)cc1. The van der Waals surface area contributed by atoms with Crippen molar-refractivity contribution in [3.63, 3.8) is 0 Å². The molecule has 83 heavy (non-hydrogen) atoms. The van der Waals surface area contributed by atoms with Gasteiger partial charge in [0.05, 0.1) is 63.3 Å². The Bertz CT molecular complexity index is 3090. The average molecular weight is 1150 g/mol. The van der Waals surface area contributed by atoms with Gasteiger partial charge in [0, 0.05) is 95.1 Å². The molecule has 0 radical (unpaired) electrons. The molecule has 1 aliphatic carbocycles. The highest BCUT2D eigenvalue weighted by Crippen LogP contribution is 2.43. The number of phenolic OH excluding ortho intramolecular Hbond substituents is 1. The fraction of sp³-hybridized carbons (Fsp3) is 0.603. The average Bonchev–Trinajstić information content (AvgIpc) is 4.46. The van der Waals surface area contributed by atoms with Gasteiger partial charge in [-0.05, 0) is 132 Å². The number of piperidine rings is 3. The number of amides is 2. The summed E-state index contributed by atoms with van der Waals surface area (Å²) in [6.45, 7) is 17.3. The first-order valence-electron chi connectivity index (χ1n) is 30.6. The number of nitriles is 1. The molecule has 1 saturated carbocycles. The summed E-state index contributed by atoms with van der Waals surface area (Å²) in [6, 6.07) is 22.1. The third kappa shape index (κ3) is 12.2. The molecule has 442 valence electrons. The number of benzene rings is 2. The molecular formula is C63H83N13O6S. The second-order valence-electron chi connectivity index (χ2n) is 25.5. The zero-order valence-electron chi connectivity index (χ0n) is 48.7. The molecule has 12 rings (SSSR count). The number of nitrogens with zero attached hydrogens (tertiary/aromatic N) is 11. The highest BCUT2D eigenvalue weighted by atomic mass is 32.1. The van der Waals surface area contributed by atoms with Crippen LogP contribution >= 0.6 is 11.3 Å². The zero-order chi connectivity index (χ0) is 57.5. The minimum atomic E-state index is -0.801. The molecule has 2 amide bonds. The van der Waals surface area contributed by atoms with Gasteiger partial charge >= 0.3 is 0 Å². The molecule has 9 heterocycles. The third-order valence-corrected chi connectivity index (χ3v) is 20.8. The van der Waals surface area contributed by atoms with E-state index in [2.05, 4.69) is 56.2 Å². The van der Waals surface area contributed by atoms with Crippen LogP contribution in [0.3, 0.4) is 0 Å². The molecule has 6 saturated heterocycles. The Morgan fingerprint density at radius 3 is 2.28 bits per heavy atom. The molecule has 2 aromatic carbocycles. The summed E-state index contributed by atoms with van der Waals surface area (Å²) >= 11 is 1.60. The predicted octanol–water partition coefficient (Wildman–Crippen LogP) is 7.62. The van der Waals surface area contributed by atoms with E-state index in [1.165, 1.54) is 0 Å². The number of phenols is 1. The van der Waals surface area contributed by atoms with Gasteiger partial charge in [0.2, 0.25) is 11.8 Å². The Labute approximate surface area is 492 Å². The number of aliphatic hydroxyl groups is 1. The van der Waals surface area contributed by atoms with E-state index >= 15 is 0 Å². The number of thiazole rings is 1. The fourth-order valence-corrected chi connectivity index (χ4v) is 15.5. The van der Waals surface area contributed by atoms with Crippen molar-refractivity contribution >= 4 is 40.5 Å². The number of nitrogen functional groups attached to an aromatic ring is 1. The number of carbonyl (C=O) groups is 2. The van der Waals surface area contributed by atoms with Gasteiger partial charge in [0.25, 0.3) is 0 Å². The Kier molecular flexibility index (Phi) is 16.8. The van der Waals surface area contributed by atoms with E-state index in [0.29, 0.717) is 59.1 Å². The lowest BCUT2D eigenvalue weighted by Crippen LogP contribution is -2.59. The summed E-state index contributed by atoms with van der Waals surface area (Å²) in [5.41, 5.74) is 13.0. The lowest BCUT2D eigenvalue weighted by atomic mass is 9.76. The number of rotatable bonds is 17. The fourth-order valence-electron chi connectivity index (χ4n) is 14.7. The summed E-state index contributed by atoms with van der Waals surface area (Å²) in [5.74, 6) is 1.10. The van der Waals surface area contributed by atoms with Crippen molar-refractivity contribution < 1.29 is 29.1 Å². The molecule has 19 nitrogen and oxygen atoms in total. The lowest BCUT2D eigenvalue weighted by molar-refractivity contribution is -0.141. The largest absolute Gasteiger partial charge is 0.507 e. The Morgan fingerprint density at radius 1 is 0.880 bits per heavy atom. The second-order valence-corrected chi connectivity index (χ2v) is 26.4. The van der Waals surface area contributed by atoms with E-state index in [-0.39, 0.29) is 47.9 Å². The predicted molar refractivity (Wildman–Crippen MR) is 319 cm³/mol. The number of anilines is 3. The molecule has 6 atom stereocenters. The number of likely N-dealkylation sites (tertiary alicyclic amines) is 3. The van der Waals surface area contributed by atoms with Gasteiger partial charge in [-0.25, -0.2) is 4.98 Å². The highest BCUT2D eigenvalue weighted by molar-refractivity contribution is 7.13. The minimum absolute atomic E-state index is 0.0869. The Balaban J connectivity index is 0.551. The number of aromatic hydroxyl groups is 1. The topological polar surface area (TPSA) is 230 Å². The van der Waals surface area contributed by atoms with Crippen molar-refractivity contribution in [3.05, 3.63) is 83.2 Å². The molecule has 20 heteroatoms. The van der Waals surface area contributed by atoms with Crippen LogP contribution in [0.15, 0.2) is 70.7 Å². The standard InChI is InChI=1S/C63H83N13O6S/c1-39(2)58(62(80)75-35-48(77)29-54(75)61(79)67-40(3)43-9-11-44(12-10-43)59-41(4)66-38-83-59)56-31-57(70-82-56)73-23-15-42(16-24-73)32-71-21-17-49(18-22-71)81-50-27-47(28-50)72-25-19-63(36-64,20-26-72)37-76-45-13-14-46(76)34-74(33-45)53-30-52(68-69-60(53)65)51-7-5-6-8-55(51)78/h5-12,30-31,38-40,42,45-50,54,58,77-78H,13-29,32-35,37H2,1-4H3,(H2,65,69)(H,67,79)/t40-,45?,46?,47-,48+,50-,54-,58+/m0/s1. The van der Waals surface area contributed by atoms with Crippen LogP contribution in [0.2, 0.25) is 0 Å². The summed E-state index contributed by atoms with van der Waals surface area (Å²) in [6.07, 6.45) is 10.4. The molecular weight excluding hydrogens is 1070 g/mol. The van der Waals surface area contributed by atoms with Crippen LogP contribution in [0.1, 0.15) is 120 Å². The Morgan fingerprint density at radius 2 is 1.60 bits per heavy atom. The first kappa shape index (κ1) is 57.2. The maximum atomic E-state index is 14.4. The number of para-hydroxylation sites is 1. The number of carbonyl (C=O) groups excluding carboxylic acids is 2. The molecule has 2 bridgehead atoms. The first-order valence-corrected chi connectivity index (χ1v) is 31.5. The highest BCUT2D eigenvalue weighted by Gasteiger charge is 2.48. The monoisotopic (exact) mass is 1150 g/mol. The lowest BCUT2D eigenvalue weighted by Gasteiger charge is -2.50. The minimum Gasteiger partial charge on any atom is -0.507 e. The second kappa shape index (κ2) is 24.4. The van der Waals surface area contributed by atoms with E-state index in [9.17, 15) is 25.1 Å². The number of aryl methyl sites for hydroxylation is 1. The van der Waals surface area contributed by atoms with E-state index in [1.807, 2.05) is 81.7 Å². The molecule has 5 N–H and O–H groups in total. The number of hydrogen-bond donors (Lipinski definition) is 4. The maximum absolute atomic E-state index is 14.4. The van der Waals surface area contributed by atoms with Gasteiger partial charge in [-0.15, -0.1) is 21.5 Å². The van der Waals surface area contributed by atoms with Crippen LogP contribution in [0.25, 0.3) is 21.7 Å². The van der Waals surface area contributed by atoms with Crippen LogP contribution in [-0.2, 0) is 14.3 Å². The van der Waals surface area contributed by atoms with Crippen molar-refractivity contribution in [2.45, 2.75) is 153 Å². The third-order valence-electron chi connectivity index (χ3n) is 19.8. The van der Waals surface area contributed by atoms with Crippen molar-refractivity contribution in [1.29, 1.82) is 5.26 Å². The summed E-state index contributed by atoms with van der Waals surface area (Å²) in [7, 11) is 0. The molecule has 7 fully saturated rings. The number of nitrogens with one attached hydrogen (secondary N) is 1. The van der Waals surface area contributed by atoms with Gasteiger partial charge in [-0.1, -0.05) is 55.4 Å². The summed E-state index contributed by atoms with van der Waals surface area (Å²) < 4.78 is 12.7. The van der Waals surface area contributed by atoms with E-state index in [4.69, 9.17) is 15.0 Å². The molecule has 0 spiro atoms. The van der Waals surface area contributed by atoms with Crippen molar-refractivity contribution in [2.24, 2.45) is 17.3 Å². The van der Waals surface area contributed by atoms with Gasteiger partial charge < -0.3 is 55.0 Å². The van der Waals surface area contributed by atoms with Crippen molar-refractivity contribution in [3.8, 4) is 33.5 Å². The molecule has 2 unspecified atom stereocenters.